The fraction of sp³-hybridized carbons (Fsp3) is 0.211. The minimum absolute atomic E-state index is 0.218. The second-order valence-electron chi connectivity index (χ2n) is 5.58. The van der Waals surface area contributed by atoms with Gasteiger partial charge in [-0.3, -0.25) is 4.79 Å². The molecule has 0 radical (unpaired) electrons. The number of sulfonamides is 1. The van der Waals surface area contributed by atoms with Crippen LogP contribution in [0.15, 0.2) is 53.4 Å². The number of para-hydroxylation sites is 1. The summed E-state index contributed by atoms with van der Waals surface area (Å²) in [5.74, 6) is -0.398. The van der Waals surface area contributed by atoms with Gasteiger partial charge in [-0.2, -0.15) is 4.31 Å². The lowest BCUT2D eigenvalue weighted by molar-refractivity contribution is -0.111. The number of benzene rings is 2. The van der Waals surface area contributed by atoms with Crippen molar-refractivity contribution in [3.8, 4) is 0 Å². The normalized spacial score (nSPS) is 11.9. The van der Waals surface area contributed by atoms with Gasteiger partial charge in [0.1, 0.15) is 0 Å². The summed E-state index contributed by atoms with van der Waals surface area (Å²) in [6, 6.07) is 11.3. The minimum Gasteiger partial charge on any atom is -0.320 e. The average Bonchev–Trinajstić information content (AvgIpc) is 2.64. The summed E-state index contributed by atoms with van der Waals surface area (Å²) in [6.07, 6.45) is 2.90. The summed E-state index contributed by atoms with van der Waals surface area (Å²) in [5.41, 5.74) is 1.03. The molecule has 1 N–H and O–H groups in total. The number of anilines is 1. The Morgan fingerprint density at radius 2 is 1.59 bits per heavy atom. The number of rotatable bonds is 7. The van der Waals surface area contributed by atoms with E-state index in [9.17, 15) is 13.2 Å². The van der Waals surface area contributed by atoms with Gasteiger partial charge >= 0.3 is 0 Å². The van der Waals surface area contributed by atoms with Crippen LogP contribution in [0.5, 0.6) is 0 Å². The van der Waals surface area contributed by atoms with Gasteiger partial charge in [-0.1, -0.05) is 55.2 Å². The zero-order valence-corrected chi connectivity index (χ0v) is 17.3. The molecule has 1 amide bonds. The average molecular weight is 427 g/mol. The molecule has 2 aromatic rings. The maximum atomic E-state index is 12.5. The van der Waals surface area contributed by atoms with E-state index in [0.717, 1.165) is 0 Å². The Morgan fingerprint density at radius 1 is 1.04 bits per heavy atom. The standard InChI is InChI=1S/C19H20Cl2N2O3S/c1-3-23(4-2)27(25,26)15-11-8-14(9-12-15)10-13-18(24)22-19-16(20)6-5-7-17(19)21/h5-13H,3-4H2,1-2H3,(H,22,24)/b13-10+. The molecule has 0 spiro atoms. The van der Waals surface area contributed by atoms with E-state index in [0.29, 0.717) is 34.4 Å². The monoisotopic (exact) mass is 426 g/mol. The molecule has 0 atom stereocenters. The quantitative estimate of drug-likeness (QED) is 0.653. The molecule has 0 unspecified atom stereocenters. The molecule has 0 fully saturated rings. The molecule has 0 saturated heterocycles. The van der Waals surface area contributed by atoms with E-state index in [1.165, 1.54) is 22.5 Å². The van der Waals surface area contributed by atoms with E-state index >= 15 is 0 Å². The third kappa shape index (κ3) is 5.32. The van der Waals surface area contributed by atoms with Crippen molar-refractivity contribution in [2.24, 2.45) is 0 Å². The lowest BCUT2D eigenvalue weighted by Gasteiger charge is -2.18. The van der Waals surface area contributed by atoms with Crippen molar-refractivity contribution in [1.29, 1.82) is 0 Å². The summed E-state index contributed by atoms with van der Waals surface area (Å²) in [4.78, 5) is 12.3. The van der Waals surface area contributed by atoms with E-state index in [4.69, 9.17) is 23.2 Å². The van der Waals surface area contributed by atoms with Crippen LogP contribution in [-0.2, 0) is 14.8 Å². The predicted octanol–water partition coefficient (Wildman–Crippen LogP) is 4.68. The fourth-order valence-electron chi connectivity index (χ4n) is 2.42. The Hall–Kier alpha value is -1.86. The largest absolute Gasteiger partial charge is 0.320 e. The Labute approximate surface area is 169 Å². The van der Waals surface area contributed by atoms with E-state index < -0.39 is 15.9 Å². The molecule has 0 heterocycles. The Morgan fingerprint density at radius 3 is 2.11 bits per heavy atom. The van der Waals surface area contributed by atoms with Crippen LogP contribution in [0.3, 0.4) is 0 Å². The van der Waals surface area contributed by atoms with Crippen molar-refractivity contribution in [2.45, 2.75) is 18.7 Å². The number of carbonyl (C=O) groups is 1. The van der Waals surface area contributed by atoms with Crippen molar-refractivity contribution in [3.05, 3.63) is 64.1 Å². The SMILES string of the molecule is CCN(CC)S(=O)(=O)c1ccc(/C=C/C(=O)Nc2c(Cl)cccc2Cl)cc1. The second-order valence-corrected chi connectivity index (χ2v) is 8.33. The number of amides is 1. The maximum Gasteiger partial charge on any atom is 0.248 e. The van der Waals surface area contributed by atoms with Gasteiger partial charge in [-0.15, -0.1) is 0 Å². The second kappa shape index (κ2) is 9.37. The first-order valence-corrected chi connectivity index (χ1v) is 10.5. The molecule has 2 rings (SSSR count). The smallest absolute Gasteiger partial charge is 0.248 e. The Bertz CT molecular complexity index is 918. The zero-order chi connectivity index (χ0) is 20.0. The van der Waals surface area contributed by atoms with Gasteiger partial charge in [0.15, 0.2) is 0 Å². The summed E-state index contributed by atoms with van der Waals surface area (Å²) >= 11 is 12.0. The first-order chi connectivity index (χ1) is 12.8. The van der Waals surface area contributed by atoms with Crippen LogP contribution < -0.4 is 5.32 Å². The lowest BCUT2D eigenvalue weighted by Crippen LogP contribution is -2.30. The van der Waals surface area contributed by atoms with Crippen molar-refractivity contribution < 1.29 is 13.2 Å². The summed E-state index contributed by atoms with van der Waals surface area (Å²) < 4.78 is 26.3. The van der Waals surface area contributed by atoms with Gasteiger partial charge in [0.25, 0.3) is 0 Å². The summed E-state index contributed by atoms with van der Waals surface area (Å²) in [5, 5.41) is 3.31. The van der Waals surface area contributed by atoms with Crippen molar-refractivity contribution in [1.82, 2.24) is 4.31 Å². The highest BCUT2D eigenvalue weighted by atomic mass is 35.5. The molecule has 0 aliphatic carbocycles. The van der Waals surface area contributed by atoms with Crippen LogP contribution in [0.2, 0.25) is 10.0 Å². The third-order valence-electron chi connectivity index (χ3n) is 3.86. The van der Waals surface area contributed by atoms with E-state index in [2.05, 4.69) is 5.32 Å². The Kier molecular flexibility index (Phi) is 7.44. The number of nitrogens with zero attached hydrogens (tertiary/aromatic N) is 1. The van der Waals surface area contributed by atoms with Crippen LogP contribution in [0.4, 0.5) is 5.69 Å². The maximum absolute atomic E-state index is 12.5. The van der Waals surface area contributed by atoms with Crippen LogP contribution >= 0.6 is 23.2 Å². The van der Waals surface area contributed by atoms with Gasteiger partial charge in [0.05, 0.1) is 20.6 Å². The highest BCUT2D eigenvalue weighted by Gasteiger charge is 2.20. The molecule has 5 nitrogen and oxygen atoms in total. The molecular formula is C19H20Cl2N2O3S. The van der Waals surface area contributed by atoms with Gasteiger partial charge in [0.2, 0.25) is 15.9 Å². The number of nitrogens with one attached hydrogen (secondary N) is 1. The van der Waals surface area contributed by atoms with Crippen molar-refractivity contribution >= 4 is 50.9 Å². The predicted molar refractivity (Wildman–Crippen MR) is 111 cm³/mol. The van der Waals surface area contributed by atoms with Gasteiger partial charge < -0.3 is 5.32 Å². The van der Waals surface area contributed by atoms with Gasteiger partial charge in [0, 0.05) is 19.2 Å². The molecular weight excluding hydrogens is 407 g/mol. The molecule has 27 heavy (non-hydrogen) atoms. The summed E-state index contributed by atoms with van der Waals surface area (Å²) in [7, 11) is -3.50. The first kappa shape index (κ1) is 21.4. The lowest BCUT2D eigenvalue weighted by atomic mass is 10.2. The highest BCUT2D eigenvalue weighted by Crippen LogP contribution is 2.29. The minimum atomic E-state index is -3.50. The summed E-state index contributed by atoms with van der Waals surface area (Å²) in [6.45, 7) is 4.40. The zero-order valence-electron chi connectivity index (χ0n) is 14.9. The molecule has 0 aliphatic rings. The van der Waals surface area contributed by atoms with Crippen LogP contribution in [-0.4, -0.2) is 31.7 Å². The molecule has 0 saturated carbocycles. The number of hydrogen-bond donors (Lipinski definition) is 1. The van der Waals surface area contributed by atoms with E-state index in [1.807, 2.05) is 0 Å². The third-order valence-corrected chi connectivity index (χ3v) is 6.56. The number of carbonyl (C=O) groups excluding carboxylic acids is 1. The van der Waals surface area contributed by atoms with Crippen molar-refractivity contribution in [3.63, 3.8) is 0 Å². The molecule has 0 bridgehead atoms. The Balaban J connectivity index is 2.11. The topological polar surface area (TPSA) is 66.5 Å². The van der Waals surface area contributed by atoms with Gasteiger partial charge in [-0.25, -0.2) is 8.42 Å². The first-order valence-electron chi connectivity index (χ1n) is 8.32. The molecule has 144 valence electrons. The van der Waals surface area contributed by atoms with Crippen molar-refractivity contribution in [2.75, 3.05) is 18.4 Å². The van der Waals surface area contributed by atoms with Crippen LogP contribution in [0.25, 0.3) is 6.08 Å². The van der Waals surface area contributed by atoms with Crippen LogP contribution in [0.1, 0.15) is 19.4 Å². The van der Waals surface area contributed by atoms with E-state index in [-0.39, 0.29) is 4.90 Å². The fourth-order valence-corrected chi connectivity index (χ4v) is 4.37. The number of halogens is 2. The van der Waals surface area contributed by atoms with Crippen LogP contribution in [0, 0.1) is 0 Å². The number of hydrogen-bond acceptors (Lipinski definition) is 3. The van der Waals surface area contributed by atoms with Gasteiger partial charge in [-0.05, 0) is 35.9 Å². The molecule has 2 aromatic carbocycles. The highest BCUT2D eigenvalue weighted by molar-refractivity contribution is 7.89. The van der Waals surface area contributed by atoms with E-state index in [1.54, 1.807) is 50.3 Å². The molecule has 0 aliphatic heterocycles. The molecule has 8 heteroatoms. The molecule has 0 aromatic heterocycles.